The largest absolute Gasteiger partial charge is 0.467 e. The van der Waals surface area contributed by atoms with Crippen molar-refractivity contribution < 1.29 is 9.21 Å². The number of carbonyl (C=O) groups excluding carboxylic acids is 1. The summed E-state index contributed by atoms with van der Waals surface area (Å²) < 4.78 is 7.33. The molecule has 0 saturated carbocycles. The smallest absolute Gasteiger partial charge is 0.267 e. The van der Waals surface area contributed by atoms with E-state index in [9.17, 15) is 9.59 Å². The number of thiocarbonyl (C=S) groups is 1. The molecule has 1 amide bonds. The standard InChI is InChI=1S/C26H20N4O3S2/c31-24-20(14-21-25(32)30(26(34)35-21)16-19-8-5-13-33-19)23(27-22-9-3-4-11-29(22)24)28-12-10-17-6-1-2-7-18(17)15-28/h1-9,11,13-14H,10,12,15-16H2/b21-14+. The number of amides is 1. The van der Waals surface area contributed by atoms with Crippen LogP contribution >= 0.6 is 24.0 Å². The first-order valence-corrected chi connectivity index (χ1v) is 12.4. The quantitative estimate of drug-likeness (QED) is 0.306. The third-order valence-electron chi connectivity index (χ3n) is 6.22. The molecule has 1 fully saturated rings. The van der Waals surface area contributed by atoms with Crippen molar-refractivity contribution in [3.63, 3.8) is 0 Å². The topological polar surface area (TPSA) is 71.1 Å². The summed E-state index contributed by atoms with van der Waals surface area (Å²) in [5.41, 5.74) is 3.24. The summed E-state index contributed by atoms with van der Waals surface area (Å²) >= 11 is 6.66. The van der Waals surface area contributed by atoms with Gasteiger partial charge in [0.25, 0.3) is 11.5 Å². The molecule has 9 heteroatoms. The Morgan fingerprint density at radius 1 is 1.06 bits per heavy atom. The van der Waals surface area contributed by atoms with Crippen LogP contribution in [0.3, 0.4) is 0 Å². The first-order chi connectivity index (χ1) is 17.1. The molecule has 0 unspecified atom stereocenters. The van der Waals surface area contributed by atoms with Gasteiger partial charge in [-0.15, -0.1) is 0 Å². The lowest BCUT2D eigenvalue weighted by Crippen LogP contribution is -2.34. The average molecular weight is 501 g/mol. The van der Waals surface area contributed by atoms with Crippen LogP contribution in [0.25, 0.3) is 11.7 Å². The van der Waals surface area contributed by atoms with Gasteiger partial charge < -0.3 is 9.32 Å². The molecule has 0 aliphatic carbocycles. The van der Waals surface area contributed by atoms with E-state index in [4.69, 9.17) is 21.6 Å². The van der Waals surface area contributed by atoms with Crippen LogP contribution in [-0.4, -0.2) is 31.1 Å². The molecule has 0 radical (unpaired) electrons. The number of pyridine rings is 1. The lowest BCUT2D eigenvalue weighted by molar-refractivity contribution is -0.122. The van der Waals surface area contributed by atoms with Gasteiger partial charge in [-0.1, -0.05) is 54.3 Å². The molecule has 1 aromatic carbocycles. The van der Waals surface area contributed by atoms with E-state index in [1.54, 1.807) is 36.7 Å². The van der Waals surface area contributed by atoms with Crippen molar-refractivity contribution in [2.45, 2.75) is 19.5 Å². The first-order valence-electron chi connectivity index (χ1n) is 11.2. The van der Waals surface area contributed by atoms with Crippen molar-refractivity contribution in [3.8, 4) is 0 Å². The van der Waals surface area contributed by atoms with Crippen molar-refractivity contribution in [2.75, 3.05) is 11.4 Å². The van der Waals surface area contributed by atoms with Crippen LogP contribution in [0.15, 0.2) is 81.2 Å². The molecule has 0 N–H and O–H groups in total. The number of furan rings is 1. The van der Waals surface area contributed by atoms with Crippen molar-refractivity contribution in [3.05, 3.63) is 105 Å². The molecular weight excluding hydrogens is 480 g/mol. The number of rotatable bonds is 4. The predicted octanol–water partition coefficient (Wildman–Crippen LogP) is 4.25. The number of hydrogen-bond acceptors (Lipinski definition) is 7. The van der Waals surface area contributed by atoms with E-state index in [2.05, 4.69) is 17.0 Å². The maximum absolute atomic E-state index is 13.6. The number of nitrogens with zero attached hydrogens (tertiary/aromatic N) is 4. The van der Waals surface area contributed by atoms with Gasteiger partial charge in [0.15, 0.2) is 0 Å². The summed E-state index contributed by atoms with van der Waals surface area (Å²) in [6.45, 7) is 1.62. The number of carbonyl (C=O) groups is 1. The Bertz CT molecular complexity index is 1560. The summed E-state index contributed by atoms with van der Waals surface area (Å²) in [7, 11) is 0. The molecule has 174 valence electrons. The van der Waals surface area contributed by atoms with E-state index >= 15 is 0 Å². The number of thioether (sulfide) groups is 1. The lowest BCUT2D eigenvalue weighted by Gasteiger charge is -2.30. The van der Waals surface area contributed by atoms with Gasteiger partial charge in [0.2, 0.25) is 0 Å². The average Bonchev–Trinajstić information content (AvgIpc) is 3.49. The van der Waals surface area contributed by atoms with Gasteiger partial charge in [-0.2, -0.15) is 0 Å². The minimum absolute atomic E-state index is 0.222. The fourth-order valence-corrected chi connectivity index (χ4v) is 5.70. The van der Waals surface area contributed by atoms with Gasteiger partial charge in [-0.3, -0.25) is 18.9 Å². The van der Waals surface area contributed by atoms with Crippen molar-refractivity contribution in [2.24, 2.45) is 0 Å². The van der Waals surface area contributed by atoms with Gasteiger partial charge >= 0.3 is 0 Å². The van der Waals surface area contributed by atoms with Gasteiger partial charge in [0.05, 0.1) is 23.3 Å². The molecule has 5 heterocycles. The van der Waals surface area contributed by atoms with E-state index in [-0.39, 0.29) is 18.0 Å². The van der Waals surface area contributed by atoms with Crippen LogP contribution < -0.4 is 10.5 Å². The molecule has 4 aromatic rings. The Morgan fingerprint density at radius 2 is 1.89 bits per heavy atom. The highest BCUT2D eigenvalue weighted by atomic mass is 32.2. The Balaban J connectivity index is 1.43. The molecule has 2 aliphatic rings. The second-order valence-electron chi connectivity index (χ2n) is 8.37. The molecule has 2 aliphatic heterocycles. The van der Waals surface area contributed by atoms with Crippen LogP contribution in [0.2, 0.25) is 0 Å². The Morgan fingerprint density at radius 3 is 2.71 bits per heavy atom. The maximum atomic E-state index is 13.6. The molecule has 0 atom stereocenters. The van der Waals surface area contributed by atoms with Crippen molar-refractivity contribution in [1.82, 2.24) is 14.3 Å². The second-order valence-corrected chi connectivity index (χ2v) is 10.0. The zero-order valence-corrected chi connectivity index (χ0v) is 20.2. The van der Waals surface area contributed by atoms with Crippen LogP contribution in [0.1, 0.15) is 22.5 Å². The van der Waals surface area contributed by atoms with E-state index in [1.807, 2.05) is 24.3 Å². The molecular formula is C26H20N4O3S2. The van der Waals surface area contributed by atoms with Crippen LogP contribution in [0, 0.1) is 0 Å². The number of aromatic nitrogens is 2. The van der Waals surface area contributed by atoms with Crippen LogP contribution in [0.4, 0.5) is 5.82 Å². The predicted molar refractivity (Wildman–Crippen MR) is 140 cm³/mol. The van der Waals surface area contributed by atoms with Gasteiger partial charge in [0.1, 0.15) is 21.5 Å². The highest BCUT2D eigenvalue weighted by molar-refractivity contribution is 8.26. The van der Waals surface area contributed by atoms with Crippen LogP contribution in [0.5, 0.6) is 0 Å². The van der Waals surface area contributed by atoms with E-state index in [0.717, 1.165) is 13.0 Å². The zero-order chi connectivity index (χ0) is 23.9. The molecule has 6 rings (SSSR count). The highest BCUT2D eigenvalue weighted by Gasteiger charge is 2.33. The SMILES string of the molecule is O=C1/C(=C\c2c(N3CCc4ccccc4C3)nc3ccccn3c2=O)SC(=S)N1Cc1ccco1. The minimum Gasteiger partial charge on any atom is -0.467 e. The molecule has 7 nitrogen and oxygen atoms in total. The van der Waals surface area contributed by atoms with Crippen LogP contribution in [-0.2, 0) is 24.3 Å². The van der Waals surface area contributed by atoms with E-state index in [1.165, 1.54) is 32.2 Å². The number of fused-ring (bicyclic) bond motifs is 2. The Kier molecular flexibility index (Phi) is 5.50. The van der Waals surface area contributed by atoms with E-state index in [0.29, 0.717) is 38.6 Å². The number of anilines is 1. The summed E-state index contributed by atoms with van der Waals surface area (Å²) in [4.78, 5) is 35.7. The lowest BCUT2D eigenvalue weighted by atomic mass is 9.99. The third-order valence-corrected chi connectivity index (χ3v) is 7.60. The van der Waals surface area contributed by atoms with E-state index < -0.39 is 0 Å². The zero-order valence-electron chi connectivity index (χ0n) is 18.6. The van der Waals surface area contributed by atoms with Crippen molar-refractivity contribution in [1.29, 1.82) is 0 Å². The summed E-state index contributed by atoms with van der Waals surface area (Å²) in [5.74, 6) is 0.971. The number of hydrogen-bond donors (Lipinski definition) is 0. The monoisotopic (exact) mass is 500 g/mol. The van der Waals surface area contributed by atoms with Gasteiger partial charge in [-0.05, 0) is 47.9 Å². The third kappa shape index (κ3) is 3.96. The fraction of sp³-hybridized carbons (Fsp3) is 0.154. The minimum atomic E-state index is -0.246. The Hall–Kier alpha value is -3.69. The molecule has 3 aromatic heterocycles. The second kappa shape index (κ2) is 8.83. The molecule has 0 bridgehead atoms. The molecule has 35 heavy (non-hydrogen) atoms. The summed E-state index contributed by atoms with van der Waals surface area (Å²) in [5, 5.41) is 0. The van der Waals surface area contributed by atoms with Gasteiger partial charge in [0, 0.05) is 19.3 Å². The summed E-state index contributed by atoms with van der Waals surface area (Å²) in [6.07, 6.45) is 5.76. The summed E-state index contributed by atoms with van der Waals surface area (Å²) in [6, 6.07) is 17.4. The normalized spacial score (nSPS) is 17.0. The maximum Gasteiger partial charge on any atom is 0.267 e. The molecule has 0 spiro atoms. The number of benzene rings is 1. The fourth-order valence-electron chi connectivity index (χ4n) is 4.46. The Labute approximate surface area is 210 Å². The van der Waals surface area contributed by atoms with Crippen molar-refractivity contribution >= 4 is 51.7 Å². The first kappa shape index (κ1) is 21.8. The molecule has 1 saturated heterocycles. The highest BCUT2D eigenvalue weighted by Crippen LogP contribution is 2.35. The van der Waals surface area contributed by atoms with Gasteiger partial charge in [-0.25, -0.2) is 4.98 Å².